The zero-order valence-electron chi connectivity index (χ0n) is 20.7. The van der Waals surface area contributed by atoms with Gasteiger partial charge in [-0.3, -0.25) is 9.78 Å². The van der Waals surface area contributed by atoms with E-state index in [2.05, 4.69) is 30.6 Å². The predicted molar refractivity (Wildman–Crippen MR) is 148 cm³/mol. The van der Waals surface area contributed by atoms with Gasteiger partial charge >= 0.3 is 0 Å². The van der Waals surface area contributed by atoms with Gasteiger partial charge < -0.3 is 10.6 Å². The first-order chi connectivity index (χ1) is 18.7. The van der Waals surface area contributed by atoms with Crippen LogP contribution in [0.25, 0.3) is 21.7 Å². The van der Waals surface area contributed by atoms with Gasteiger partial charge in [0.25, 0.3) is 5.91 Å². The van der Waals surface area contributed by atoms with Crippen LogP contribution in [-0.4, -0.2) is 40.5 Å². The molecule has 0 spiro atoms. The maximum absolute atomic E-state index is 13.5. The van der Waals surface area contributed by atoms with Crippen molar-refractivity contribution in [1.29, 1.82) is 0 Å². The molecule has 0 unspecified atom stereocenters. The summed E-state index contributed by atoms with van der Waals surface area (Å²) in [5, 5.41) is 5.96. The summed E-state index contributed by atoms with van der Waals surface area (Å²) in [6.07, 6.45) is 6.05. The minimum atomic E-state index is -3.67. The largest absolute Gasteiger partial charge is 0.324 e. The lowest BCUT2D eigenvalue weighted by Crippen LogP contribution is -2.14. The van der Waals surface area contributed by atoms with Crippen LogP contribution in [0.1, 0.15) is 16.1 Å². The number of rotatable bonds is 7. The molecule has 0 bridgehead atoms. The summed E-state index contributed by atoms with van der Waals surface area (Å²) in [6.45, 7) is 1.89. The number of benzene rings is 2. The molecule has 9 nitrogen and oxygen atoms in total. The monoisotopic (exact) mass is 560 g/mol. The summed E-state index contributed by atoms with van der Waals surface area (Å²) in [6, 6.07) is 16.2. The number of aryl methyl sites for hydroxylation is 1. The third-order valence-corrected chi connectivity index (χ3v) is 8.38. The Morgan fingerprint density at radius 3 is 2.49 bits per heavy atom. The lowest BCUT2D eigenvalue weighted by atomic mass is 10.1. The maximum Gasteiger partial charge on any atom is 0.275 e. The molecule has 0 radical (unpaired) electrons. The topological polar surface area (TPSA) is 127 Å². The van der Waals surface area contributed by atoms with E-state index in [-0.39, 0.29) is 10.0 Å². The van der Waals surface area contributed by atoms with Gasteiger partial charge in [-0.15, -0.1) is 11.3 Å². The van der Waals surface area contributed by atoms with Crippen LogP contribution in [0, 0.1) is 12.7 Å². The van der Waals surface area contributed by atoms with E-state index in [0.29, 0.717) is 33.5 Å². The van der Waals surface area contributed by atoms with E-state index in [1.807, 2.05) is 25.1 Å². The van der Waals surface area contributed by atoms with Crippen molar-refractivity contribution in [3.63, 3.8) is 0 Å². The fourth-order valence-electron chi connectivity index (χ4n) is 3.65. The average Bonchev–Trinajstić information content (AvgIpc) is 3.38. The second kappa shape index (κ2) is 10.7. The lowest BCUT2D eigenvalue weighted by Gasteiger charge is -2.12. The summed E-state index contributed by atoms with van der Waals surface area (Å²) in [5.74, 6) is -0.698. The van der Waals surface area contributed by atoms with Crippen molar-refractivity contribution in [1.82, 2.24) is 19.9 Å². The summed E-state index contributed by atoms with van der Waals surface area (Å²) >= 11 is 0.855. The number of thiazole rings is 1. The Kier molecular flexibility index (Phi) is 7.13. The molecule has 0 aliphatic rings. The molecule has 3 heterocycles. The normalized spacial score (nSPS) is 11.3. The molecular weight excluding hydrogens is 539 g/mol. The van der Waals surface area contributed by atoms with E-state index in [9.17, 15) is 17.6 Å². The number of halogens is 1. The first-order valence-corrected chi connectivity index (χ1v) is 14.3. The number of hydrogen-bond acceptors (Lipinski definition) is 9. The van der Waals surface area contributed by atoms with E-state index in [1.165, 1.54) is 24.3 Å². The van der Waals surface area contributed by atoms with Gasteiger partial charge in [0.2, 0.25) is 20.1 Å². The number of nitrogens with zero attached hydrogens (tertiary/aromatic N) is 4. The number of hydrogen-bond donors (Lipinski definition) is 2. The molecule has 5 aromatic rings. The van der Waals surface area contributed by atoms with Crippen LogP contribution in [0.4, 0.5) is 21.7 Å². The third-order valence-electron chi connectivity index (χ3n) is 5.60. The standard InChI is InChI=1S/C27H21FN6O3S2/c1-16-5-10-20(14-22(16)33-26-30-13-11-21(32-26)18-4-3-12-29-15-18)31-25(35)23-24(17-6-8-19(28)9-7-17)38-27(34-23)39(2,36)37/h3-15H,1-2H3,(H,31,35)(H,30,32,33). The smallest absolute Gasteiger partial charge is 0.275 e. The number of anilines is 3. The average molecular weight is 561 g/mol. The zero-order chi connectivity index (χ0) is 27.6. The molecule has 39 heavy (non-hydrogen) atoms. The lowest BCUT2D eigenvalue weighted by molar-refractivity contribution is 0.102. The van der Waals surface area contributed by atoms with Crippen LogP contribution in [-0.2, 0) is 9.84 Å². The highest BCUT2D eigenvalue weighted by molar-refractivity contribution is 7.92. The van der Waals surface area contributed by atoms with Gasteiger partial charge in [0.05, 0.1) is 10.6 Å². The maximum atomic E-state index is 13.5. The van der Waals surface area contributed by atoms with Gasteiger partial charge in [0, 0.05) is 41.8 Å². The summed E-state index contributed by atoms with van der Waals surface area (Å²) in [7, 11) is -3.67. The predicted octanol–water partition coefficient (Wildman–Crippen LogP) is 5.51. The van der Waals surface area contributed by atoms with Gasteiger partial charge in [-0.05, 0) is 60.5 Å². The van der Waals surface area contributed by atoms with E-state index < -0.39 is 21.6 Å². The fourth-order valence-corrected chi connectivity index (χ4v) is 5.56. The zero-order valence-corrected chi connectivity index (χ0v) is 22.3. The molecule has 1 amide bonds. The van der Waals surface area contributed by atoms with Crippen molar-refractivity contribution in [3.8, 4) is 21.7 Å². The molecular formula is C27H21FN6O3S2. The Bertz CT molecular complexity index is 1780. The van der Waals surface area contributed by atoms with Crippen molar-refractivity contribution in [2.24, 2.45) is 0 Å². The molecule has 0 aliphatic heterocycles. The molecule has 12 heteroatoms. The fraction of sp³-hybridized carbons (Fsp3) is 0.0741. The molecule has 196 valence electrons. The highest BCUT2D eigenvalue weighted by atomic mass is 32.2. The second-order valence-electron chi connectivity index (χ2n) is 8.55. The number of carbonyl (C=O) groups is 1. The number of aromatic nitrogens is 4. The van der Waals surface area contributed by atoms with Crippen LogP contribution in [0.2, 0.25) is 0 Å². The Morgan fingerprint density at radius 2 is 1.77 bits per heavy atom. The van der Waals surface area contributed by atoms with Crippen LogP contribution in [0.3, 0.4) is 0 Å². The summed E-state index contributed by atoms with van der Waals surface area (Å²) < 4.78 is 37.6. The second-order valence-corrected chi connectivity index (χ2v) is 11.7. The van der Waals surface area contributed by atoms with Gasteiger partial charge in [0.1, 0.15) is 11.5 Å². The van der Waals surface area contributed by atoms with E-state index in [1.54, 1.807) is 36.8 Å². The minimum Gasteiger partial charge on any atom is -0.324 e. The first kappa shape index (κ1) is 26.1. The molecule has 3 aromatic heterocycles. The van der Waals surface area contributed by atoms with Crippen LogP contribution >= 0.6 is 11.3 Å². The van der Waals surface area contributed by atoms with Crippen LogP contribution < -0.4 is 10.6 Å². The first-order valence-electron chi connectivity index (χ1n) is 11.6. The van der Waals surface area contributed by atoms with Gasteiger partial charge in [0.15, 0.2) is 0 Å². The molecule has 2 aromatic carbocycles. The molecule has 0 saturated heterocycles. The Labute approximate surface area is 227 Å². The third kappa shape index (κ3) is 5.97. The van der Waals surface area contributed by atoms with Gasteiger partial charge in [-0.25, -0.2) is 27.8 Å². The van der Waals surface area contributed by atoms with Crippen molar-refractivity contribution < 1.29 is 17.6 Å². The van der Waals surface area contributed by atoms with E-state index >= 15 is 0 Å². The van der Waals surface area contributed by atoms with Crippen molar-refractivity contribution in [2.45, 2.75) is 11.3 Å². The number of sulfone groups is 1. The molecule has 0 saturated carbocycles. The number of pyridine rings is 1. The van der Waals surface area contributed by atoms with Crippen molar-refractivity contribution in [3.05, 3.63) is 96.3 Å². The van der Waals surface area contributed by atoms with Gasteiger partial charge in [-0.1, -0.05) is 18.2 Å². The van der Waals surface area contributed by atoms with E-state index in [0.717, 1.165) is 28.7 Å². The quantitative estimate of drug-likeness (QED) is 0.267. The Hall–Kier alpha value is -4.55. The van der Waals surface area contributed by atoms with Gasteiger partial charge in [-0.2, -0.15) is 0 Å². The Balaban J connectivity index is 1.42. The minimum absolute atomic E-state index is 0.0744. The van der Waals surface area contributed by atoms with Crippen LogP contribution in [0.5, 0.6) is 0 Å². The van der Waals surface area contributed by atoms with Crippen LogP contribution in [0.15, 0.2) is 83.6 Å². The molecule has 0 fully saturated rings. The van der Waals surface area contributed by atoms with E-state index in [4.69, 9.17) is 0 Å². The number of nitrogens with one attached hydrogen (secondary N) is 2. The number of amides is 1. The molecule has 5 rings (SSSR count). The molecule has 0 aliphatic carbocycles. The molecule has 0 atom stereocenters. The Morgan fingerprint density at radius 1 is 0.974 bits per heavy atom. The summed E-state index contributed by atoms with van der Waals surface area (Å²) in [5.41, 5.74) is 3.92. The highest BCUT2D eigenvalue weighted by Gasteiger charge is 2.24. The molecule has 2 N–H and O–H groups in total. The SMILES string of the molecule is Cc1ccc(NC(=O)c2nc(S(C)(=O)=O)sc2-c2ccc(F)cc2)cc1Nc1nccc(-c2cccnc2)n1. The highest BCUT2D eigenvalue weighted by Crippen LogP contribution is 2.33. The number of carbonyl (C=O) groups excluding carboxylic acids is 1. The van der Waals surface area contributed by atoms with Crippen molar-refractivity contribution >= 4 is 44.4 Å². The van der Waals surface area contributed by atoms with Crippen molar-refractivity contribution in [2.75, 3.05) is 16.9 Å². The summed E-state index contributed by atoms with van der Waals surface area (Å²) in [4.78, 5) is 30.7.